The molecule has 13 heavy (non-hydrogen) atoms. The number of rotatable bonds is 1. The molecule has 0 unspecified atom stereocenters. The minimum Gasteiger partial charge on any atom is -0.351 e. The van der Waals surface area contributed by atoms with Gasteiger partial charge in [0.1, 0.15) is 5.15 Å². The average molecular weight is 195 g/mol. The van der Waals surface area contributed by atoms with Crippen LogP contribution in [0.25, 0.3) is 11.3 Å². The summed E-state index contributed by atoms with van der Waals surface area (Å²) in [4.78, 5) is 0. The van der Waals surface area contributed by atoms with E-state index in [-0.39, 0.29) is 0 Å². The van der Waals surface area contributed by atoms with Crippen LogP contribution >= 0.6 is 11.6 Å². The summed E-state index contributed by atoms with van der Waals surface area (Å²) in [6.45, 7) is 0. The summed E-state index contributed by atoms with van der Waals surface area (Å²) < 4.78 is 3.98. The Morgan fingerprint density at radius 2 is 2.00 bits per heavy atom. The minimum absolute atomic E-state index is 0.760. The van der Waals surface area contributed by atoms with Gasteiger partial charge in [-0.2, -0.15) is 0 Å². The van der Waals surface area contributed by atoms with E-state index in [9.17, 15) is 0 Å². The fourth-order valence-electron chi connectivity index (χ4n) is 1.44. The lowest BCUT2D eigenvalue weighted by molar-refractivity contribution is 0.919. The molecule has 2 aromatic rings. The maximum Gasteiger partial charge on any atom is 0.109 e. The van der Waals surface area contributed by atoms with Crippen LogP contribution in [0.15, 0.2) is 30.6 Å². The maximum absolute atomic E-state index is 5.95. The van der Waals surface area contributed by atoms with Crippen molar-refractivity contribution in [2.24, 2.45) is 14.1 Å². The van der Waals surface area contributed by atoms with Gasteiger partial charge >= 0.3 is 0 Å². The Morgan fingerprint density at radius 3 is 2.46 bits per heavy atom. The first-order valence-electron chi connectivity index (χ1n) is 4.12. The smallest absolute Gasteiger partial charge is 0.109 e. The van der Waals surface area contributed by atoms with Crippen molar-refractivity contribution in [2.45, 2.75) is 0 Å². The minimum atomic E-state index is 0.760. The van der Waals surface area contributed by atoms with Gasteiger partial charge in [-0.3, -0.25) is 0 Å². The van der Waals surface area contributed by atoms with Gasteiger partial charge in [0, 0.05) is 37.7 Å². The maximum atomic E-state index is 5.95. The summed E-state index contributed by atoms with van der Waals surface area (Å²) in [6, 6.07) is 6.07. The molecule has 0 saturated heterocycles. The lowest BCUT2D eigenvalue weighted by Gasteiger charge is -1.98. The van der Waals surface area contributed by atoms with Gasteiger partial charge in [-0.15, -0.1) is 0 Å². The molecule has 2 rings (SSSR count). The highest BCUT2D eigenvalue weighted by Crippen LogP contribution is 2.23. The van der Waals surface area contributed by atoms with E-state index in [0.717, 1.165) is 10.7 Å². The monoisotopic (exact) mass is 194 g/mol. The first-order valence-corrected chi connectivity index (χ1v) is 4.50. The second-order valence-electron chi connectivity index (χ2n) is 3.17. The Kier molecular flexibility index (Phi) is 1.93. The van der Waals surface area contributed by atoms with Crippen LogP contribution in [-0.2, 0) is 14.1 Å². The second-order valence-corrected chi connectivity index (χ2v) is 3.55. The van der Waals surface area contributed by atoms with E-state index >= 15 is 0 Å². The molecule has 0 spiro atoms. The lowest BCUT2D eigenvalue weighted by Crippen LogP contribution is -1.87. The molecule has 0 aliphatic rings. The lowest BCUT2D eigenvalue weighted by atomic mass is 10.2. The zero-order valence-corrected chi connectivity index (χ0v) is 8.42. The molecule has 0 atom stereocenters. The first kappa shape index (κ1) is 8.45. The van der Waals surface area contributed by atoms with Crippen molar-refractivity contribution in [3.8, 4) is 11.3 Å². The van der Waals surface area contributed by atoms with Crippen molar-refractivity contribution in [1.82, 2.24) is 9.13 Å². The first-order chi connectivity index (χ1) is 6.18. The van der Waals surface area contributed by atoms with Crippen LogP contribution < -0.4 is 0 Å². The largest absolute Gasteiger partial charge is 0.351 e. The standard InChI is InChI=1S/C10H11ClN2/c1-12-5-3-4-9(12)8-6-10(11)13(2)7-8/h3-7H,1-2H3. The third kappa shape index (κ3) is 1.38. The second kappa shape index (κ2) is 2.96. The van der Waals surface area contributed by atoms with E-state index in [4.69, 9.17) is 11.6 Å². The van der Waals surface area contributed by atoms with E-state index in [2.05, 4.69) is 10.6 Å². The van der Waals surface area contributed by atoms with Gasteiger partial charge in [0.15, 0.2) is 0 Å². The van der Waals surface area contributed by atoms with Crippen molar-refractivity contribution in [2.75, 3.05) is 0 Å². The van der Waals surface area contributed by atoms with Crippen LogP contribution in [0, 0.1) is 0 Å². The quantitative estimate of drug-likeness (QED) is 0.661. The van der Waals surface area contributed by atoms with Gasteiger partial charge in [0.25, 0.3) is 0 Å². The molecule has 0 aliphatic carbocycles. The van der Waals surface area contributed by atoms with Crippen molar-refractivity contribution in [3.63, 3.8) is 0 Å². The van der Waals surface area contributed by atoms with Crippen LogP contribution in [-0.4, -0.2) is 9.13 Å². The van der Waals surface area contributed by atoms with Crippen molar-refractivity contribution in [1.29, 1.82) is 0 Å². The molecule has 0 aromatic carbocycles. The molecule has 0 saturated carbocycles. The van der Waals surface area contributed by atoms with E-state index in [1.54, 1.807) is 0 Å². The number of aryl methyl sites for hydroxylation is 2. The Balaban J connectivity index is 2.53. The zero-order valence-electron chi connectivity index (χ0n) is 7.66. The third-order valence-corrected chi connectivity index (χ3v) is 2.56. The van der Waals surface area contributed by atoms with Crippen molar-refractivity contribution < 1.29 is 0 Å². The normalized spacial score (nSPS) is 10.7. The van der Waals surface area contributed by atoms with Crippen LogP contribution in [0.2, 0.25) is 5.15 Å². The highest BCUT2D eigenvalue weighted by atomic mass is 35.5. The highest BCUT2D eigenvalue weighted by molar-refractivity contribution is 6.30. The molecule has 3 heteroatoms. The fraction of sp³-hybridized carbons (Fsp3) is 0.200. The summed E-state index contributed by atoms with van der Waals surface area (Å²) in [5.41, 5.74) is 2.34. The molecular formula is C10H11ClN2. The summed E-state index contributed by atoms with van der Waals surface area (Å²) >= 11 is 5.95. The van der Waals surface area contributed by atoms with Crippen molar-refractivity contribution in [3.05, 3.63) is 35.7 Å². The Hall–Kier alpha value is -1.15. The Labute approximate surface area is 82.4 Å². The molecule has 2 heterocycles. The van der Waals surface area contributed by atoms with Gasteiger partial charge in [-0.05, 0) is 18.2 Å². The molecule has 0 amide bonds. The number of halogens is 1. The molecule has 2 aromatic heterocycles. The zero-order chi connectivity index (χ0) is 9.42. The van der Waals surface area contributed by atoms with Crippen LogP contribution in [0.4, 0.5) is 0 Å². The number of hydrogen-bond acceptors (Lipinski definition) is 0. The SMILES string of the molecule is Cn1cc(-c2cccn2C)cc1Cl. The molecule has 68 valence electrons. The van der Waals surface area contributed by atoms with Crippen LogP contribution in [0.5, 0.6) is 0 Å². The van der Waals surface area contributed by atoms with Crippen LogP contribution in [0.1, 0.15) is 0 Å². The molecule has 0 bridgehead atoms. The summed E-state index contributed by atoms with van der Waals surface area (Å²) in [7, 11) is 3.96. The Morgan fingerprint density at radius 1 is 1.23 bits per heavy atom. The highest BCUT2D eigenvalue weighted by Gasteiger charge is 2.04. The van der Waals surface area contributed by atoms with Gasteiger partial charge in [-0.1, -0.05) is 11.6 Å². The van der Waals surface area contributed by atoms with Gasteiger partial charge in [-0.25, -0.2) is 0 Å². The summed E-state index contributed by atoms with van der Waals surface area (Å²) in [6.07, 6.45) is 4.05. The van der Waals surface area contributed by atoms with Gasteiger partial charge in [0.05, 0.1) is 0 Å². The van der Waals surface area contributed by atoms with E-state index in [1.807, 2.05) is 43.2 Å². The fourth-order valence-corrected chi connectivity index (χ4v) is 1.61. The molecule has 0 aliphatic heterocycles. The van der Waals surface area contributed by atoms with E-state index < -0.39 is 0 Å². The predicted molar refractivity (Wildman–Crippen MR) is 54.8 cm³/mol. The number of aromatic nitrogens is 2. The molecule has 2 nitrogen and oxygen atoms in total. The topological polar surface area (TPSA) is 9.86 Å². The number of hydrogen-bond donors (Lipinski definition) is 0. The predicted octanol–water partition coefficient (Wildman–Crippen LogP) is 2.68. The van der Waals surface area contributed by atoms with Gasteiger partial charge in [0.2, 0.25) is 0 Å². The average Bonchev–Trinajstić information content (AvgIpc) is 2.60. The van der Waals surface area contributed by atoms with Crippen LogP contribution in [0.3, 0.4) is 0 Å². The molecule has 0 N–H and O–H groups in total. The molecule has 0 radical (unpaired) electrons. The Bertz CT molecular complexity index is 406. The van der Waals surface area contributed by atoms with E-state index in [1.165, 1.54) is 5.69 Å². The molecular weight excluding hydrogens is 184 g/mol. The molecule has 0 fully saturated rings. The summed E-state index contributed by atoms with van der Waals surface area (Å²) in [5.74, 6) is 0. The third-order valence-electron chi connectivity index (χ3n) is 2.18. The number of nitrogens with zero attached hydrogens (tertiary/aromatic N) is 2. The van der Waals surface area contributed by atoms with Crippen molar-refractivity contribution >= 4 is 11.6 Å². The van der Waals surface area contributed by atoms with Gasteiger partial charge < -0.3 is 9.13 Å². The summed E-state index contributed by atoms with van der Waals surface area (Å²) in [5, 5.41) is 0.760. The van der Waals surface area contributed by atoms with E-state index in [0.29, 0.717) is 0 Å².